The summed E-state index contributed by atoms with van der Waals surface area (Å²) >= 11 is 5.85. The van der Waals surface area contributed by atoms with Crippen LogP contribution in [-0.4, -0.2) is 54.1 Å². The Morgan fingerprint density at radius 2 is 2.10 bits per heavy atom. The highest BCUT2D eigenvalue weighted by Crippen LogP contribution is 2.16. The summed E-state index contributed by atoms with van der Waals surface area (Å²) in [6, 6.07) is 5.97. The number of nitrogens with zero attached hydrogens (tertiary/aromatic N) is 1. The summed E-state index contributed by atoms with van der Waals surface area (Å²) in [6.07, 6.45) is -0.0815. The number of piperazine rings is 1. The highest BCUT2D eigenvalue weighted by molar-refractivity contribution is 6.30. The average Bonchev–Trinajstić information content (AvgIpc) is 2.45. The molecule has 2 rings (SSSR count). The second kappa shape index (κ2) is 7.40. The van der Waals surface area contributed by atoms with Crippen molar-refractivity contribution in [3.8, 4) is 0 Å². The zero-order valence-electron chi connectivity index (χ0n) is 11.5. The normalized spacial score (nSPS) is 17.2. The van der Waals surface area contributed by atoms with Gasteiger partial charge in [-0.1, -0.05) is 17.7 Å². The lowest BCUT2D eigenvalue weighted by atomic mass is 10.1. The topological polar surface area (TPSA) is 81.7 Å². The molecule has 1 aliphatic heterocycles. The van der Waals surface area contributed by atoms with Gasteiger partial charge >= 0.3 is 5.97 Å². The Kier molecular flexibility index (Phi) is 5.55. The van der Waals surface area contributed by atoms with Gasteiger partial charge in [0.25, 0.3) is 0 Å². The van der Waals surface area contributed by atoms with E-state index < -0.39 is 12.0 Å². The van der Waals surface area contributed by atoms with Crippen molar-refractivity contribution in [2.75, 3.05) is 31.5 Å². The van der Waals surface area contributed by atoms with Crippen LogP contribution in [0, 0.1) is 0 Å². The highest BCUT2D eigenvalue weighted by atomic mass is 35.5. The molecule has 1 aromatic rings. The first-order valence-electron chi connectivity index (χ1n) is 6.79. The second-order valence-corrected chi connectivity index (χ2v) is 5.34. The van der Waals surface area contributed by atoms with Gasteiger partial charge in [0.1, 0.15) is 6.04 Å². The number of amides is 1. The maximum absolute atomic E-state index is 12.0. The summed E-state index contributed by atoms with van der Waals surface area (Å²) in [6.45, 7) is 2.72. The number of aliphatic carboxylic acids is 1. The van der Waals surface area contributed by atoms with Crippen molar-refractivity contribution in [1.82, 2.24) is 10.2 Å². The van der Waals surface area contributed by atoms with Crippen LogP contribution >= 0.6 is 11.6 Å². The molecular weight excluding hydrogens is 294 g/mol. The van der Waals surface area contributed by atoms with E-state index in [4.69, 9.17) is 11.6 Å². The van der Waals surface area contributed by atoms with Crippen molar-refractivity contribution in [3.63, 3.8) is 0 Å². The molecule has 1 fully saturated rings. The van der Waals surface area contributed by atoms with Gasteiger partial charge in [-0.15, -0.1) is 0 Å². The number of carbonyl (C=O) groups is 2. The van der Waals surface area contributed by atoms with E-state index in [1.54, 1.807) is 24.3 Å². The molecule has 0 radical (unpaired) electrons. The van der Waals surface area contributed by atoms with Gasteiger partial charge in [0, 0.05) is 36.9 Å². The van der Waals surface area contributed by atoms with Crippen LogP contribution in [0.4, 0.5) is 5.69 Å². The number of rotatable bonds is 5. The van der Waals surface area contributed by atoms with E-state index in [1.807, 2.05) is 4.90 Å². The number of carboxylic acid groups (broad SMARTS) is 1. The van der Waals surface area contributed by atoms with Crippen LogP contribution in [0.1, 0.15) is 6.42 Å². The van der Waals surface area contributed by atoms with E-state index in [-0.39, 0.29) is 12.3 Å². The Morgan fingerprint density at radius 3 is 2.71 bits per heavy atom. The molecule has 114 valence electrons. The van der Waals surface area contributed by atoms with E-state index in [1.165, 1.54) is 0 Å². The molecule has 0 aromatic heterocycles. The van der Waals surface area contributed by atoms with Crippen molar-refractivity contribution in [2.24, 2.45) is 0 Å². The van der Waals surface area contributed by atoms with Gasteiger partial charge in [-0.05, 0) is 18.2 Å². The number of nitrogens with one attached hydrogen (secondary N) is 2. The fourth-order valence-corrected chi connectivity index (χ4v) is 2.51. The van der Waals surface area contributed by atoms with E-state index in [2.05, 4.69) is 10.6 Å². The smallest absolute Gasteiger partial charge is 0.321 e. The minimum absolute atomic E-state index is 0.0815. The Morgan fingerprint density at radius 1 is 1.38 bits per heavy atom. The summed E-state index contributed by atoms with van der Waals surface area (Å²) < 4.78 is 0. The van der Waals surface area contributed by atoms with Crippen molar-refractivity contribution in [2.45, 2.75) is 12.5 Å². The Hall–Kier alpha value is -1.63. The first-order valence-corrected chi connectivity index (χ1v) is 7.17. The molecule has 1 heterocycles. The second-order valence-electron chi connectivity index (χ2n) is 4.90. The molecule has 0 spiro atoms. The van der Waals surface area contributed by atoms with Gasteiger partial charge in [0.2, 0.25) is 5.91 Å². The maximum atomic E-state index is 12.0. The average molecular weight is 312 g/mol. The summed E-state index contributed by atoms with van der Waals surface area (Å²) in [5.41, 5.74) is 0.567. The summed E-state index contributed by atoms with van der Waals surface area (Å²) in [5.74, 6) is -1.30. The van der Waals surface area contributed by atoms with Crippen molar-refractivity contribution >= 4 is 29.2 Å². The number of benzene rings is 1. The third-order valence-corrected chi connectivity index (χ3v) is 3.60. The molecule has 0 aliphatic carbocycles. The van der Waals surface area contributed by atoms with E-state index >= 15 is 0 Å². The van der Waals surface area contributed by atoms with Crippen LogP contribution < -0.4 is 10.6 Å². The lowest BCUT2D eigenvalue weighted by Gasteiger charge is -2.32. The number of hydrogen-bond acceptors (Lipinski definition) is 4. The third-order valence-electron chi connectivity index (χ3n) is 3.36. The standard InChI is InChI=1S/C14H18ClN3O3/c15-10-2-1-3-11(8-10)17-13(19)9-12(14(20)21)18-6-4-16-5-7-18/h1-3,8,12,16H,4-7,9H2,(H,17,19)(H,20,21)/t12-/m0/s1. The van der Waals surface area contributed by atoms with Gasteiger partial charge in [-0.2, -0.15) is 0 Å². The predicted octanol–water partition coefficient (Wildman–Crippen LogP) is 1.03. The zero-order valence-corrected chi connectivity index (χ0v) is 12.3. The van der Waals surface area contributed by atoms with Crippen molar-refractivity contribution in [1.29, 1.82) is 0 Å². The fraction of sp³-hybridized carbons (Fsp3) is 0.429. The summed E-state index contributed by atoms with van der Waals surface area (Å²) in [5, 5.41) is 15.7. The van der Waals surface area contributed by atoms with Gasteiger partial charge in [0.15, 0.2) is 0 Å². The molecule has 3 N–H and O–H groups in total. The van der Waals surface area contributed by atoms with Gasteiger partial charge in [-0.25, -0.2) is 0 Å². The minimum Gasteiger partial charge on any atom is -0.480 e. The van der Waals surface area contributed by atoms with E-state index in [0.717, 1.165) is 13.1 Å². The molecule has 1 atom stereocenters. The Bertz CT molecular complexity index is 518. The Labute approximate surface area is 128 Å². The molecule has 7 heteroatoms. The van der Waals surface area contributed by atoms with Crippen LogP contribution in [0.5, 0.6) is 0 Å². The molecule has 0 saturated carbocycles. The first-order chi connectivity index (χ1) is 10.1. The predicted molar refractivity (Wildman–Crippen MR) is 80.6 cm³/mol. The van der Waals surface area contributed by atoms with E-state index in [9.17, 15) is 14.7 Å². The molecule has 1 amide bonds. The van der Waals surface area contributed by atoms with Crippen molar-refractivity contribution in [3.05, 3.63) is 29.3 Å². The number of hydrogen-bond donors (Lipinski definition) is 3. The van der Waals surface area contributed by atoms with Crippen LogP contribution in [0.15, 0.2) is 24.3 Å². The van der Waals surface area contributed by atoms with Gasteiger partial charge < -0.3 is 15.7 Å². The Balaban J connectivity index is 1.96. The summed E-state index contributed by atoms with van der Waals surface area (Å²) in [7, 11) is 0. The van der Waals surface area contributed by atoms with Gasteiger partial charge in [0.05, 0.1) is 6.42 Å². The molecule has 0 bridgehead atoms. The largest absolute Gasteiger partial charge is 0.480 e. The van der Waals surface area contributed by atoms with Gasteiger partial charge in [-0.3, -0.25) is 14.5 Å². The maximum Gasteiger partial charge on any atom is 0.321 e. The molecular formula is C14H18ClN3O3. The molecule has 0 unspecified atom stereocenters. The zero-order chi connectivity index (χ0) is 15.2. The monoisotopic (exact) mass is 311 g/mol. The lowest BCUT2D eigenvalue weighted by Crippen LogP contribution is -2.52. The number of anilines is 1. The number of carbonyl (C=O) groups excluding carboxylic acids is 1. The minimum atomic E-state index is -0.974. The number of carboxylic acids is 1. The van der Waals surface area contributed by atoms with Crippen LogP contribution in [-0.2, 0) is 9.59 Å². The van der Waals surface area contributed by atoms with Crippen LogP contribution in [0.25, 0.3) is 0 Å². The molecule has 1 saturated heterocycles. The third kappa shape index (κ3) is 4.70. The van der Waals surface area contributed by atoms with Crippen molar-refractivity contribution < 1.29 is 14.7 Å². The van der Waals surface area contributed by atoms with Crippen LogP contribution in [0.3, 0.4) is 0 Å². The molecule has 21 heavy (non-hydrogen) atoms. The quantitative estimate of drug-likeness (QED) is 0.756. The van der Waals surface area contributed by atoms with Crippen LogP contribution in [0.2, 0.25) is 5.02 Å². The lowest BCUT2D eigenvalue weighted by molar-refractivity contribution is -0.145. The SMILES string of the molecule is O=C(C[C@@H](C(=O)O)N1CCNCC1)Nc1cccc(Cl)c1. The summed E-state index contributed by atoms with van der Waals surface area (Å²) in [4.78, 5) is 25.2. The number of halogens is 1. The molecule has 1 aliphatic rings. The molecule has 6 nitrogen and oxygen atoms in total. The fourth-order valence-electron chi connectivity index (χ4n) is 2.32. The van der Waals surface area contributed by atoms with E-state index in [0.29, 0.717) is 23.8 Å². The molecule has 1 aromatic carbocycles. The highest BCUT2D eigenvalue weighted by Gasteiger charge is 2.28. The first kappa shape index (κ1) is 15.8.